The second-order valence-corrected chi connectivity index (χ2v) is 9.27. The number of alkyl halides is 1. The van der Waals surface area contributed by atoms with Gasteiger partial charge in [-0.05, 0) is 36.5 Å². The van der Waals surface area contributed by atoms with E-state index in [0.29, 0.717) is 0 Å². The zero-order valence-corrected chi connectivity index (χ0v) is 10.4. The van der Waals surface area contributed by atoms with E-state index >= 15 is 0 Å². The fourth-order valence-electron chi connectivity index (χ4n) is 1.90. The predicted molar refractivity (Wildman–Crippen MR) is 65.2 cm³/mol. The minimum atomic E-state index is -0.0990. The van der Waals surface area contributed by atoms with Crippen LogP contribution in [0, 0.1) is 0 Å². The molecule has 0 amide bonds. The minimum Gasteiger partial charge on any atom is -0.232 e. The molecule has 1 fully saturated rings. The van der Waals surface area contributed by atoms with Crippen LogP contribution in [0.5, 0.6) is 0 Å². The fourth-order valence-corrected chi connectivity index (χ4v) is 8.14. The molecule has 1 aliphatic heterocycles. The molecule has 2 heteroatoms. The maximum Gasteiger partial charge on any atom is 0.0298 e. The largest absolute Gasteiger partial charge is 0.232 e. The molecule has 0 spiro atoms. The van der Waals surface area contributed by atoms with Gasteiger partial charge >= 0.3 is 0 Å². The maximum absolute atomic E-state index is 2.62. The van der Waals surface area contributed by atoms with Gasteiger partial charge in [0.2, 0.25) is 0 Å². The smallest absolute Gasteiger partial charge is 0.0298 e. The molecule has 0 aromatic rings. The topological polar surface area (TPSA) is 0 Å². The van der Waals surface area contributed by atoms with Crippen molar-refractivity contribution < 1.29 is 0 Å². The summed E-state index contributed by atoms with van der Waals surface area (Å²) >= 11 is 2.62. The molecule has 1 saturated heterocycles. The Morgan fingerprint density at radius 3 is 2.27 bits per heavy atom. The van der Waals surface area contributed by atoms with E-state index in [4.69, 9.17) is 0 Å². The molecule has 0 N–H and O–H groups in total. The maximum atomic E-state index is 2.62. The van der Waals surface area contributed by atoms with E-state index in [1.165, 1.54) is 29.4 Å². The Balaban J connectivity index is 2.42. The first kappa shape index (κ1) is 10.2. The summed E-state index contributed by atoms with van der Waals surface area (Å²) in [6.07, 6.45) is 5.98. The van der Waals surface area contributed by atoms with Gasteiger partial charge in [-0.1, -0.05) is 35.9 Å². The summed E-state index contributed by atoms with van der Waals surface area (Å²) in [5.41, 5.74) is 0. The van der Waals surface area contributed by atoms with E-state index < -0.39 is 0 Å². The summed E-state index contributed by atoms with van der Waals surface area (Å²) in [6, 6.07) is 0. The average Bonchev–Trinajstić information content (AvgIpc) is 2.07. The number of halogens is 1. The predicted octanol–water partition coefficient (Wildman–Crippen LogP) is 3.78. The van der Waals surface area contributed by atoms with Crippen LogP contribution in [-0.4, -0.2) is 21.0 Å². The van der Waals surface area contributed by atoms with Crippen LogP contribution in [0.2, 0.25) is 0 Å². The third kappa shape index (κ3) is 2.79. The van der Waals surface area contributed by atoms with Crippen LogP contribution in [0.1, 0.15) is 32.6 Å². The van der Waals surface area contributed by atoms with Crippen molar-refractivity contribution in [2.45, 2.75) is 32.6 Å². The van der Waals surface area contributed by atoms with E-state index in [9.17, 15) is 0 Å². The number of hydrogen-bond acceptors (Lipinski definition) is 0. The molecule has 0 unspecified atom stereocenters. The molecule has 1 aliphatic rings. The van der Waals surface area contributed by atoms with Crippen LogP contribution in [0.15, 0.2) is 0 Å². The average molecular weight is 286 g/mol. The Labute approximate surface area is 86.0 Å². The molecule has 0 bridgehead atoms. The van der Waals surface area contributed by atoms with E-state index in [0.717, 1.165) is 0 Å². The van der Waals surface area contributed by atoms with E-state index in [1.807, 2.05) is 0 Å². The lowest BCUT2D eigenvalue weighted by Crippen LogP contribution is -2.18. The second-order valence-electron chi connectivity index (χ2n) is 3.51. The van der Waals surface area contributed by atoms with Crippen LogP contribution in [0.25, 0.3) is 0 Å². The van der Waals surface area contributed by atoms with Gasteiger partial charge in [0, 0.05) is 3.76 Å². The van der Waals surface area contributed by atoms with Crippen LogP contribution in [0.4, 0.5) is 0 Å². The third-order valence-corrected chi connectivity index (χ3v) is 10.5. The first-order chi connectivity index (χ1) is 5.33. The van der Waals surface area contributed by atoms with Gasteiger partial charge in [0.25, 0.3) is 0 Å². The molecule has 0 nitrogen and oxygen atoms in total. The number of rotatable bonds is 3. The van der Waals surface area contributed by atoms with Gasteiger partial charge in [-0.25, -0.2) is 10.0 Å². The van der Waals surface area contributed by atoms with Crippen LogP contribution < -0.4 is 0 Å². The normalized spacial score (nSPS) is 26.4. The van der Waals surface area contributed by atoms with E-state index in [1.54, 1.807) is 17.3 Å². The van der Waals surface area contributed by atoms with Crippen LogP contribution in [-0.2, 0) is 0 Å². The van der Waals surface area contributed by atoms with Crippen molar-refractivity contribution in [2.24, 2.45) is 0 Å². The highest BCUT2D eigenvalue weighted by atomic mass is 127. The minimum absolute atomic E-state index is 0.0990. The summed E-state index contributed by atoms with van der Waals surface area (Å²) in [5, 5.41) is 0. The summed E-state index contributed by atoms with van der Waals surface area (Å²) in [7, 11) is -0.0990. The lowest BCUT2D eigenvalue weighted by Gasteiger charge is -2.41. The Morgan fingerprint density at radius 2 is 1.82 bits per heavy atom. The van der Waals surface area contributed by atoms with Crippen molar-refractivity contribution in [3.05, 3.63) is 0 Å². The molecule has 0 atom stereocenters. The SMILES string of the molecule is CCCS1(CI)CCCCC1. The Bertz CT molecular complexity index is 103. The lowest BCUT2D eigenvalue weighted by molar-refractivity contribution is 0.751. The molecular weight excluding hydrogens is 267 g/mol. The highest BCUT2D eigenvalue weighted by molar-refractivity contribution is 14.1. The van der Waals surface area contributed by atoms with Crippen molar-refractivity contribution in [1.82, 2.24) is 0 Å². The van der Waals surface area contributed by atoms with Gasteiger partial charge in [0.15, 0.2) is 0 Å². The summed E-state index contributed by atoms with van der Waals surface area (Å²) in [6.45, 7) is 2.34. The summed E-state index contributed by atoms with van der Waals surface area (Å²) in [5.74, 6) is 4.73. The third-order valence-electron chi connectivity index (χ3n) is 2.52. The highest BCUT2D eigenvalue weighted by Gasteiger charge is 2.23. The van der Waals surface area contributed by atoms with Crippen molar-refractivity contribution in [3.63, 3.8) is 0 Å². The number of hydrogen-bond donors (Lipinski definition) is 0. The molecule has 1 rings (SSSR count). The van der Waals surface area contributed by atoms with Crippen LogP contribution >= 0.6 is 32.6 Å². The van der Waals surface area contributed by atoms with Crippen molar-refractivity contribution in [3.8, 4) is 0 Å². The van der Waals surface area contributed by atoms with Gasteiger partial charge < -0.3 is 0 Å². The van der Waals surface area contributed by atoms with E-state index in [2.05, 4.69) is 29.5 Å². The summed E-state index contributed by atoms with van der Waals surface area (Å²) in [4.78, 5) is 0. The lowest BCUT2D eigenvalue weighted by atomic mass is 10.3. The standard InChI is InChI=1S/C9H19IS/c1-2-6-11(9-10)7-4-3-5-8-11/h2-9H2,1H3. The van der Waals surface area contributed by atoms with Crippen molar-refractivity contribution in [1.29, 1.82) is 0 Å². The zero-order chi connectivity index (χ0) is 8.16. The van der Waals surface area contributed by atoms with Gasteiger partial charge in [-0.2, -0.15) is 0 Å². The molecular formula is C9H19IS. The first-order valence-corrected chi connectivity index (χ1v) is 8.46. The Kier molecular flexibility index (Phi) is 4.57. The molecule has 0 saturated carbocycles. The molecule has 0 radical (unpaired) electrons. The van der Waals surface area contributed by atoms with Crippen molar-refractivity contribution >= 4 is 32.6 Å². The van der Waals surface area contributed by atoms with Crippen LogP contribution in [0.3, 0.4) is 0 Å². The first-order valence-electron chi connectivity index (χ1n) is 4.63. The quantitative estimate of drug-likeness (QED) is 0.547. The molecule has 0 aromatic carbocycles. The van der Waals surface area contributed by atoms with E-state index in [-0.39, 0.29) is 10.0 Å². The van der Waals surface area contributed by atoms with Gasteiger partial charge in [-0.15, -0.1) is 0 Å². The highest BCUT2D eigenvalue weighted by Crippen LogP contribution is 2.53. The molecule has 0 aromatic heterocycles. The Morgan fingerprint density at radius 1 is 1.18 bits per heavy atom. The fraction of sp³-hybridized carbons (Fsp3) is 1.00. The van der Waals surface area contributed by atoms with Gasteiger partial charge in [-0.3, -0.25) is 0 Å². The molecule has 68 valence electrons. The summed E-state index contributed by atoms with van der Waals surface area (Å²) < 4.78 is 1.47. The van der Waals surface area contributed by atoms with Gasteiger partial charge in [0.05, 0.1) is 0 Å². The molecule has 0 aliphatic carbocycles. The zero-order valence-electron chi connectivity index (χ0n) is 7.44. The molecule has 1 heterocycles. The van der Waals surface area contributed by atoms with Crippen molar-refractivity contribution in [2.75, 3.05) is 21.0 Å². The Hall–Kier alpha value is 1.08. The second kappa shape index (κ2) is 4.95. The molecule has 11 heavy (non-hydrogen) atoms. The monoisotopic (exact) mass is 286 g/mol. The van der Waals surface area contributed by atoms with Gasteiger partial charge in [0.1, 0.15) is 0 Å².